The van der Waals surface area contributed by atoms with E-state index in [1.807, 2.05) is 0 Å². The zero-order chi connectivity index (χ0) is 19.2. The molecule has 0 aliphatic rings. The van der Waals surface area contributed by atoms with Crippen molar-refractivity contribution < 1.29 is 14.3 Å². The number of esters is 1. The zero-order valence-corrected chi connectivity index (χ0v) is 15.2. The second kappa shape index (κ2) is 8.33. The number of anilines is 3. The number of pyridine rings is 1. The topological polar surface area (TPSA) is 80.3 Å². The number of rotatable bonds is 5. The van der Waals surface area contributed by atoms with Crippen LogP contribution in [0.3, 0.4) is 0 Å². The van der Waals surface area contributed by atoms with E-state index in [9.17, 15) is 9.59 Å². The normalized spacial score (nSPS) is 10.1. The van der Waals surface area contributed by atoms with Crippen molar-refractivity contribution >= 4 is 40.5 Å². The lowest BCUT2D eigenvalue weighted by Gasteiger charge is -2.09. The van der Waals surface area contributed by atoms with Crippen molar-refractivity contribution in [3.05, 3.63) is 83.1 Å². The molecule has 2 N–H and O–H groups in total. The Morgan fingerprint density at radius 1 is 0.926 bits per heavy atom. The first-order chi connectivity index (χ1) is 13.0. The maximum absolute atomic E-state index is 12.4. The van der Waals surface area contributed by atoms with Gasteiger partial charge in [-0.3, -0.25) is 9.78 Å². The fourth-order valence-electron chi connectivity index (χ4n) is 2.38. The van der Waals surface area contributed by atoms with Crippen molar-refractivity contribution in [2.75, 3.05) is 17.7 Å². The van der Waals surface area contributed by atoms with Gasteiger partial charge in [-0.05, 0) is 48.5 Å². The van der Waals surface area contributed by atoms with E-state index in [4.69, 9.17) is 16.3 Å². The predicted octanol–water partition coefficient (Wildman–Crippen LogP) is 4.52. The Labute approximate surface area is 161 Å². The van der Waals surface area contributed by atoms with Gasteiger partial charge < -0.3 is 15.4 Å². The van der Waals surface area contributed by atoms with Crippen LogP contribution < -0.4 is 10.6 Å². The quantitative estimate of drug-likeness (QED) is 0.635. The summed E-state index contributed by atoms with van der Waals surface area (Å²) in [6.45, 7) is 0. The van der Waals surface area contributed by atoms with Gasteiger partial charge in [-0.1, -0.05) is 17.7 Å². The molecule has 0 saturated heterocycles. The molecule has 0 aliphatic heterocycles. The van der Waals surface area contributed by atoms with E-state index in [2.05, 4.69) is 15.6 Å². The van der Waals surface area contributed by atoms with Crippen LogP contribution in [0.1, 0.15) is 20.7 Å². The minimum Gasteiger partial charge on any atom is -0.465 e. The molecule has 27 heavy (non-hydrogen) atoms. The fourth-order valence-corrected chi connectivity index (χ4v) is 2.50. The highest BCUT2D eigenvalue weighted by molar-refractivity contribution is 6.30. The van der Waals surface area contributed by atoms with Crippen LogP contribution in [0.15, 0.2) is 67.0 Å². The summed E-state index contributed by atoms with van der Waals surface area (Å²) in [5.74, 6) is -0.718. The maximum atomic E-state index is 12.4. The number of hydrogen-bond donors (Lipinski definition) is 2. The summed E-state index contributed by atoms with van der Waals surface area (Å²) in [5, 5.41) is 6.50. The predicted molar refractivity (Wildman–Crippen MR) is 105 cm³/mol. The standard InChI is InChI=1S/C20H16ClN3O3/c1-27-20(26)13-3-2-4-17(9-13)23-18-10-14(11-22-12-18)19(25)24-16-7-5-15(21)6-8-16/h2-12,23H,1H3,(H,24,25). The third kappa shape index (κ3) is 4.83. The molecule has 0 bridgehead atoms. The largest absolute Gasteiger partial charge is 0.465 e. The molecule has 0 radical (unpaired) electrons. The molecule has 1 heterocycles. The molecule has 2 aromatic carbocycles. The Bertz CT molecular complexity index is 974. The van der Waals surface area contributed by atoms with Crippen molar-refractivity contribution in [3.63, 3.8) is 0 Å². The summed E-state index contributed by atoms with van der Waals surface area (Å²) in [4.78, 5) is 28.1. The van der Waals surface area contributed by atoms with E-state index in [0.29, 0.717) is 33.2 Å². The first kappa shape index (κ1) is 18.4. The number of amides is 1. The number of carbonyl (C=O) groups is 2. The molecule has 7 heteroatoms. The van der Waals surface area contributed by atoms with Crippen LogP contribution in [0.2, 0.25) is 5.02 Å². The van der Waals surface area contributed by atoms with E-state index in [-0.39, 0.29) is 5.91 Å². The van der Waals surface area contributed by atoms with Crippen molar-refractivity contribution in [1.82, 2.24) is 4.98 Å². The molecule has 0 saturated carbocycles. The molecule has 0 fully saturated rings. The number of methoxy groups -OCH3 is 1. The Morgan fingerprint density at radius 2 is 1.67 bits per heavy atom. The first-order valence-electron chi connectivity index (χ1n) is 8.02. The van der Waals surface area contributed by atoms with E-state index >= 15 is 0 Å². The second-order valence-electron chi connectivity index (χ2n) is 5.62. The summed E-state index contributed by atoms with van der Waals surface area (Å²) in [5.41, 5.74) is 2.73. The Kier molecular flexibility index (Phi) is 5.68. The van der Waals surface area contributed by atoms with Crippen LogP contribution in [-0.4, -0.2) is 24.0 Å². The van der Waals surface area contributed by atoms with Gasteiger partial charge in [0.05, 0.1) is 30.1 Å². The average molecular weight is 382 g/mol. The molecule has 1 amide bonds. The van der Waals surface area contributed by atoms with Crippen molar-refractivity contribution in [2.45, 2.75) is 0 Å². The number of halogens is 1. The SMILES string of the molecule is COC(=O)c1cccc(Nc2cncc(C(=O)Nc3ccc(Cl)cc3)c2)c1. The van der Waals surface area contributed by atoms with E-state index in [1.165, 1.54) is 13.3 Å². The van der Waals surface area contributed by atoms with Crippen molar-refractivity contribution in [2.24, 2.45) is 0 Å². The fraction of sp³-hybridized carbons (Fsp3) is 0.0500. The third-order valence-electron chi connectivity index (χ3n) is 3.67. The Hall–Kier alpha value is -3.38. The van der Waals surface area contributed by atoms with Crippen LogP contribution in [0, 0.1) is 0 Å². The number of nitrogens with zero attached hydrogens (tertiary/aromatic N) is 1. The molecule has 0 spiro atoms. The summed E-state index contributed by atoms with van der Waals surface area (Å²) in [6.07, 6.45) is 3.06. The lowest BCUT2D eigenvalue weighted by atomic mass is 10.2. The molecule has 0 atom stereocenters. The van der Waals surface area contributed by atoms with Gasteiger partial charge in [-0.25, -0.2) is 4.79 Å². The van der Waals surface area contributed by atoms with Crippen LogP contribution in [0.4, 0.5) is 17.1 Å². The number of carbonyl (C=O) groups excluding carboxylic acids is 2. The first-order valence-corrected chi connectivity index (χ1v) is 8.40. The molecule has 136 valence electrons. The van der Waals surface area contributed by atoms with Crippen LogP contribution in [0.5, 0.6) is 0 Å². The highest BCUT2D eigenvalue weighted by Crippen LogP contribution is 2.19. The van der Waals surface area contributed by atoms with E-state index < -0.39 is 5.97 Å². The molecule has 0 aliphatic carbocycles. The molecule has 3 rings (SSSR count). The van der Waals surface area contributed by atoms with Crippen molar-refractivity contribution in [3.8, 4) is 0 Å². The molecule has 0 unspecified atom stereocenters. The van der Waals surface area contributed by atoms with Gasteiger partial charge in [0.1, 0.15) is 0 Å². The minimum absolute atomic E-state index is 0.295. The van der Waals surface area contributed by atoms with Crippen LogP contribution in [0.25, 0.3) is 0 Å². The smallest absolute Gasteiger partial charge is 0.337 e. The van der Waals surface area contributed by atoms with Gasteiger partial charge in [0.15, 0.2) is 0 Å². The molecular weight excluding hydrogens is 366 g/mol. The van der Waals surface area contributed by atoms with Gasteiger partial charge >= 0.3 is 5.97 Å². The van der Waals surface area contributed by atoms with Gasteiger partial charge in [0.25, 0.3) is 5.91 Å². The maximum Gasteiger partial charge on any atom is 0.337 e. The lowest BCUT2D eigenvalue weighted by Crippen LogP contribution is -2.12. The Morgan fingerprint density at radius 3 is 2.41 bits per heavy atom. The number of ether oxygens (including phenoxy) is 1. The second-order valence-corrected chi connectivity index (χ2v) is 6.06. The molecule has 3 aromatic rings. The highest BCUT2D eigenvalue weighted by atomic mass is 35.5. The summed E-state index contributed by atoms with van der Waals surface area (Å²) >= 11 is 5.84. The van der Waals surface area contributed by atoms with Crippen LogP contribution >= 0.6 is 11.6 Å². The van der Waals surface area contributed by atoms with Gasteiger partial charge in [-0.2, -0.15) is 0 Å². The van der Waals surface area contributed by atoms with Crippen LogP contribution in [-0.2, 0) is 4.74 Å². The molecule has 1 aromatic heterocycles. The zero-order valence-electron chi connectivity index (χ0n) is 14.4. The van der Waals surface area contributed by atoms with Gasteiger partial charge in [-0.15, -0.1) is 0 Å². The minimum atomic E-state index is -0.423. The third-order valence-corrected chi connectivity index (χ3v) is 3.93. The lowest BCUT2D eigenvalue weighted by molar-refractivity contribution is 0.0600. The van der Waals surface area contributed by atoms with Gasteiger partial charge in [0, 0.05) is 22.6 Å². The number of hydrogen-bond acceptors (Lipinski definition) is 5. The summed E-state index contributed by atoms with van der Waals surface area (Å²) < 4.78 is 4.72. The average Bonchev–Trinajstić information content (AvgIpc) is 2.69. The van der Waals surface area contributed by atoms with Gasteiger partial charge in [0.2, 0.25) is 0 Å². The highest BCUT2D eigenvalue weighted by Gasteiger charge is 2.09. The summed E-state index contributed by atoms with van der Waals surface area (Å²) in [6, 6.07) is 15.3. The molecule has 6 nitrogen and oxygen atoms in total. The Balaban J connectivity index is 1.74. The molecular formula is C20H16ClN3O3. The van der Waals surface area contributed by atoms with Crippen molar-refractivity contribution in [1.29, 1.82) is 0 Å². The monoisotopic (exact) mass is 381 g/mol. The number of aromatic nitrogens is 1. The van der Waals surface area contributed by atoms with E-state index in [1.54, 1.807) is 60.8 Å². The summed E-state index contributed by atoms with van der Waals surface area (Å²) in [7, 11) is 1.33. The number of nitrogens with one attached hydrogen (secondary N) is 2. The van der Waals surface area contributed by atoms with E-state index in [0.717, 1.165) is 0 Å². The number of benzene rings is 2.